The van der Waals surface area contributed by atoms with Crippen LogP contribution in [0.4, 0.5) is 0 Å². The van der Waals surface area contributed by atoms with Crippen LogP contribution in [0.5, 0.6) is 0 Å². The van der Waals surface area contributed by atoms with Gasteiger partial charge >= 0.3 is 0 Å². The van der Waals surface area contributed by atoms with Crippen molar-refractivity contribution >= 4 is 5.91 Å². The molecule has 0 aromatic heterocycles. The molecule has 1 saturated heterocycles. The minimum atomic E-state index is -0.0952. The topological polar surface area (TPSA) is 61.8 Å². The number of aliphatic hydroxyl groups is 1. The lowest BCUT2D eigenvalue weighted by molar-refractivity contribution is -0.138. The molecule has 2 unspecified atom stereocenters. The van der Waals surface area contributed by atoms with Crippen LogP contribution < -0.4 is 5.32 Å². The van der Waals surface area contributed by atoms with Gasteiger partial charge in [-0.3, -0.25) is 4.79 Å². The molecule has 0 aromatic carbocycles. The van der Waals surface area contributed by atoms with Gasteiger partial charge < -0.3 is 20.1 Å². The van der Waals surface area contributed by atoms with Gasteiger partial charge in [-0.05, 0) is 19.9 Å². The molecular weight excluding hydrogens is 232 g/mol. The number of aliphatic hydroxyl groups excluding tert-OH is 1. The number of nitrogens with one attached hydrogen (secondary N) is 1. The average molecular weight is 256 g/mol. The fourth-order valence-electron chi connectivity index (χ4n) is 3.09. The fourth-order valence-corrected chi connectivity index (χ4v) is 3.09. The standard InChI is InChI=1S/C13H24N2O3/c1-14-12-9-18-8-11(12)13(17)15(6-7-16)10-4-2-3-5-10/h10-12,14,16H,2-9H2,1H3. The van der Waals surface area contributed by atoms with E-state index in [0.717, 1.165) is 12.8 Å². The van der Waals surface area contributed by atoms with Gasteiger partial charge in [-0.1, -0.05) is 12.8 Å². The zero-order chi connectivity index (χ0) is 13.0. The van der Waals surface area contributed by atoms with Gasteiger partial charge in [-0.2, -0.15) is 0 Å². The van der Waals surface area contributed by atoms with Gasteiger partial charge in [0.15, 0.2) is 0 Å². The maximum Gasteiger partial charge on any atom is 0.230 e. The Balaban J connectivity index is 2.02. The van der Waals surface area contributed by atoms with Crippen molar-refractivity contribution in [3.05, 3.63) is 0 Å². The van der Waals surface area contributed by atoms with E-state index >= 15 is 0 Å². The van der Waals surface area contributed by atoms with Crippen LogP contribution in [0.1, 0.15) is 25.7 Å². The number of amides is 1. The molecule has 2 atom stereocenters. The van der Waals surface area contributed by atoms with Gasteiger partial charge in [-0.25, -0.2) is 0 Å². The summed E-state index contributed by atoms with van der Waals surface area (Å²) in [6, 6.07) is 0.433. The smallest absolute Gasteiger partial charge is 0.230 e. The maximum atomic E-state index is 12.6. The van der Waals surface area contributed by atoms with E-state index in [4.69, 9.17) is 4.74 Å². The molecule has 5 heteroatoms. The second kappa shape index (κ2) is 6.50. The predicted molar refractivity (Wildman–Crippen MR) is 68.2 cm³/mol. The summed E-state index contributed by atoms with van der Waals surface area (Å²) in [6.07, 6.45) is 4.53. The summed E-state index contributed by atoms with van der Waals surface area (Å²) in [5, 5.41) is 12.3. The number of carbonyl (C=O) groups is 1. The third-order valence-electron chi connectivity index (χ3n) is 4.16. The molecule has 18 heavy (non-hydrogen) atoms. The van der Waals surface area contributed by atoms with Crippen molar-refractivity contribution in [1.82, 2.24) is 10.2 Å². The Hall–Kier alpha value is -0.650. The number of hydrogen-bond acceptors (Lipinski definition) is 4. The van der Waals surface area contributed by atoms with Crippen LogP contribution in [-0.4, -0.2) is 61.4 Å². The van der Waals surface area contributed by atoms with Crippen molar-refractivity contribution in [3.63, 3.8) is 0 Å². The lowest BCUT2D eigenvalue weighted by atomic mass is 10.0. The first-order valence-electron chi connectivity index (χ1n) is 6.94. The van der Waals surface area contributed by atoms with Crippen molar-refractivity contribution in [3.8, 4) is 0 Å². The third kappa shape index (κ3) is 2.84. The zero-order valence-electron chi connectivity index (χ0n) is 11.1. The number of carbonyl (C=O) groups excluding carboxylic acids is 1. The van der Waals surface area contributed by atoms with E-state index in [1.807, 2.05) is 11.9 Å². The molecule has 2 aliphatic rings. The average Bonchev–Trinajstić information content (AvgIpc) is 3.05. The Bertz CT molecular complexity index is 279. The summed E-state index contributed by atoms with van der Waals surface area (Å²) in [5.41, 5.74) is 0. The predicted octanol–water partition coefficient (Wildman–Crippen LogP) is -0.0157. The first-order valence-corrected chi connectivity index (χ1v) is 6.94. The number of ether oxygens (including phenoxy) is 1. The minimum absolute atomic E-state index is 0.0417. The van der Waals surface area contributed by atoms with Crippen LogP contribution in [-0.2, 0) is 9.53 Å². The number of nitrogens with zero attached hydrogens (tertiary/aromatic N) is 1. The van der Waals surface area contributed by atoms with Crippen LogP contribution in [0.25, 0.3) is 0 Å². The van der Waals surface area contributed by atoms with Crippen LogP contribution in [0, 0.1) is 5.92 Å². The lowest BCUT2D eigenvalue weighted by Crippen LogP contribution is -2.49. The second-order valence-corrected chi connectivity index (χ2v) is 5.23. The van der Waals surface area contributed by atoms with Gasteiger partial charge in [0.2, 0.25) is 5.91 Å². The van der Waals surface area contributed by atoms with E-state index in [1.165, 1.54) is 12.8 Å². The Morgan fingerprint density at radius 1 is 1.39 bits per heavy atom. The highest BCUT2D eigenvalue weighted by atomic mass is 16.5. The normalized spacial score (nSPS) is 28.8. The van der Waals surface area contributed by atoms with Gasteiger partial charge in [0, 0.05) is 18.6 Å². The molecule has 1 heterocycles. The highest BCUT2D eigenvalue weighted by molar-refractivity contribution is 5.80. The Morgan fingerprint density at radius 3 is 2.72 bits per heavy atom. The Morgan fingerprint density at radius 2 is 2.11 bits per heavy atom. The number of rotatable bonds is 5. The molecule has 2 N–H and O–H groups in total. The summed E-state index contributed by atoms with van der Waals surface area (Å²) < 4.78 is 5.40. The van der Waals surface area contributed by atoms with Crippen LogP contribution in [0.3, 0.4) is 0 Å². The van der Waals surface area contributed by atoms with Gasteiger partial charge in [-0.15, -0.1) is 0 Å². The molecule has 104 valence electrons. The molecule has 0 aromatic rings. The Labute approximate surface area is 108 Å². The summed E-state index contributed by atoms with van der Waals surface area (Å²) in [6.45, 7) is 1.60. The quantitative estimate of drug-likeness (QED) is 0.726. The molecule has 0 radical (unpaired) electrons. The van der Waals surface area contributed by atoms with Crippen molar-refractivity contribution in [2.45, 2.75) is 37.8 Å². The molecule has 2 rings (SSSR count). The first kappa shape index (κ1) is 13.8. The van der Waals surface area contributed by atoms with Crippen LogP contribution in [0.2, 0.25) is 0 Å². The molecule has 0 bridgehead atoms. The SMILES string of the molecule is CNC1COCC1C(=O)N(CCO)C1CCCC1. The molecule has 1 aliphatic carbocycles. The number of likely N-dealkylation sites (N-methyl/N-ethyl adjacent to an activating group) is 1. The summed E-state index contributed by atoms with van der Waals surface area (Å²) >= 11 is 0. The van der Waals surface area contributed by atoms with Crippen molar-refractivity contribution in [1.29, 1.82) is 0 Å². The molecular formula is C13H24N2O3. The largest absolute Gasteiger partial charge is 0.395 e. The monoisotopic (exact) mass is 256 g/mol. The molecule has 1 amide bonds. The third-order valence-corrected chi connectivity index (χ3v) is 4.16. The van der Waals surface area contributed by atoms with E-state index in [9.17, 15) is 9.90 Å². The summed E-state index contributed by atoms with van der Waals surface area (Å²) in [7, 11) is 1.87. The van der Waals surface area contributed by atoms with E-state index in [2.05, 4.69) is 5.32 Å². The lowest BCUT2D eigenvalue weighted by Gasteiger charge is -2.32. The second-order valence-electron chi connectivity index (χ2n) is 5.23. The highest BCUT2D eigenvalue weighted by Crippen LogP contribution is 2.26. The van der Waals surface area contributed by atoms with E-state index < -0.39 is 0 Å². The van der Waals surface area contributed by atoms with E-state index in [1.54, 1.807) is 0 Å². The molecule has 2 fully saturated rings. The highest BCUT2D eigenvalue weighted by Gasteiger charge is 2.38. The number of hydrogen-bond donors (Lipinski definition) is 2. The van der Waals surface area contributed by atoms with E-state index in [0.29, 0.717) is 25.8 Å². The zero-order valence-corrected chi connectivity index (χ0v) is 11.1. The maximum absolute atomic E-state index is 12.6. The minimum Gasteiger partial charge on any atom is -0.395 e. The van der Waals surface area contributed by atoms with Crippen LogP contribution in [0.15, 0.2) is 0 Å². The van der Waals surface area contributed by atoms with Crippen LogP contribution >= 0.6 is 0 Å². The van der Waals surface area contributed by atoms with Crippen molar-refractivity contribution in [2.75, 3.05) is 33.4 Å². The Kier molecular flexibility index (Phi) is 4.97. The molecule has 0 spiro atoms. The molecule has 5 nitrogen and oxygen atoms in total. The van der Waals surface area contributed by atoms with Crippen molar-refractivity contribution in [2.24, 2.45) is 5.92 Å². The van der Waals surface area contributed by atoms with E-state index in [-0.39, 0.29) is 24.5 Å². The summed E-state index contributed by atoms with van der Waals surface area (Å²) in [5.74, 6) is 0.0509. The fraction of sp³-hybridized carbons (Fsp3) is 0.923. The van der Waals surface area contributed by atoms with Gasteiger partial charge in [0.25, 0.3) is 0 Å². The van der Waals surface area contributed by atoms with Gasteiger partial charge in [0.1, 0.15) is 0 Å². The van der Waals surface area contributed by atoms with Crippen molar-refractivity contribution < 1.29 is 14.6 Å². The molecule has 1 saturated carbocycles. The molecule has 1 aliphatic heterocycles. The van der Waals surface area contributed by atoms with Gasteiger partial charge in [0.05, 0.1) is 25.7 Å². The summed E-state index contributed by atoms with van der Waals surface area (Å²) in [4.78, 5) is 14.5. The first-order chi connectivity index (χ1) is 8.77.